The number of hydrogen-bond acceptors (Lipinski definition) is 4. The van der Waals surface area contributed by atoms with E-state index in [4.69, 9.17) is 0 Å². The van der Waals surface area contributed by atoms with Crippen molar-refractivity contribution < 1.29 is 13.2 Å². The molecule has 2 aromatic rings. The Bertz CT molecular complexity index is 498. The van der Waals surface area contributed by atoms with Gasteiger partial charge in [-0.05, 0) is 12.1 Å². The lowest BCUT2D eigenvalue weighted by molar-refractivity contribution is -0.137. The molecule has 0 aliphatic heterocycles. The Morgan fingerprint density at radius 3 is 2.41 bits per heavy atom. The number of halogens is 3. The Morgan fingerprint density at radius 2 is 1.76 bits per heavy atom. The lowest BCUT2D eigenvalue weighted by Crippen LogP contribution is -2.06. The summed E-state index contributed by atoms with van der Waals surface area (Å²) in [5.74, 6) is 0.402. The van der Waals surface area contributed by atoms with Crippen molar-refractivity contribution in [3.63, 3.8) is 0 Å². The first-order chi connectivity index (χ1) is 8.05. The molecule has 0 radical (unpaired) electrons. The minimum absolute atomic E-state index is 0.0697. The van der Waals surface area contributed by atoms with E-state index in [1.54, 1.807) is 0 Å². The largest absolute Gasteiger partial charge is 0.416 e. The van der Waals surface area contributed by atoms with Crippen LogP contribution in [-0.2, 0) is 6.18 Å². The Labute approximate surface area is 94.6 Å². The van der Waals surface area contributed by atoms with Crippen molar-refractivity contribution >= 4 is 11.6 Å². The van der Waals surface area contributed by atoms with Crippen LogP contribution < -0.4 is 5.32 Å². The predicted octanol–water partition coefficient (Wildman–Crippen LogP) is 2.63. The van der Waals surface area contributed by atoms with Crippen LogP contribution in [0.25, 0.3) is 0 Å². The first kappa shape index (κ1) is 11.3. The van der Waals surface area contributed by atoms with Gasteiger partial charge in [-0.15, -0.1) is 0 Å². The minimum Gasteiger partial charge on any atom is -0.324 e. The molecule has 0 spiro atoms. The van der Waals surface area contributed by atoms with Crippen molar-refractivity contribution in [1.82, 2.24) is 15.0 Å². The number of alkyl halides is 3. The number of nitrogens with zero attached hydrogens (tertiary/aromatic N) is 3. The number of nitrogens with one attached hydrogen (secondary N) is 1. The van der Waals surface area contributed by atoms with Crippen molar-refractivity contribution in [3.05, 3.63) is 42.5 Å². The van der Waals surface area contributed by atoms with Crippen LogP contribution in [0.15, 0.2) is 36.9 Å². The van der Waals surface area contributed by atoms with Crippen LogP contribution >= 0.6 is 0 Å². The Kier molecular flexibility index (Phi) is 2.90. The van der Waals surface area contributed by atoms with Crippen LogP contribution in [0, 0.1) is 0 Å². The zero-order chi connectivity index (χ0) is 12.3. The third kappa shape index (κ3) is 2.90. The lowest BCUT2D eigenvalue weighted by Gasteiger charge is -2.08. The molecule has 1 N–H and O–H groups in total. The van der Waals surface area contributed by atoms with Crippen molar-refractivity contribution in [3.8, 4) is 0 Å². The summed E-state index contributed by atoms with van der Waals surface area (Å²) < 4.78 is 37.3. The predicted molar refractivity (Wildman–Crippen MR) is 54.6 cm³/mol. The molecule has 0 fully saturated rings. The molecule has 88 valence electrons. The maximum Gasteiger partial charge on any atom is 0.416 e. The average Bonchev–Trinajstić information content (AvgIpc) is 2.29. The van der Waals surface area contributed by atoms with Crippen LogP contribution in [0.3, 0.4) is 0 Å². The quantitative estimate of drug-likeness (QED) is 0.876. The summed E-state index contributed by atoms with van der Waals surface area (Å²) in [6, 6.07) is 1.82. The molecule has 0 aliphatic carbocycles. The highest BCUT2D eigenvalue weighted by Crippen LogP contribution is 2.30. The second kappa shape index (κ2) is 4.36. The molecule has 0 amide bonds. The molecular weight excluding hydrogens is 233 g/mol. The van der Waals surface area contributed by atoms with Gasteiger partial charge in [0, 0.05) is 18.6 Å². The summed E-state index contributed by atoms with van der Waals surface area (Å²) in [4.78, 5) is 11.4. The molecule has 0 bridgehead atoms. The molecule has 2 rings (SSSR count). The fraction of sp³-hybridized carbons (Fsp3) is 0.100. The molecule has 0 atom stereocenters. The van der Waals surface area contributed by atoms with Gasteiger partial charge >= 0.3 is 6.18 Å². The van der Waals surface area contributed by atoms with E-state index in [1.807, 2.05) is 0 Å². The summed E-state index contributed by atoms with van der Waals surface area (Å²) in [7, 11) is 0. The summed E-state index contributed by atoms with van der Waals surface area (Å²) in [6.07, 6.45) is 0.978. The number of anilines is 2. The van der Waals surface area contributed by atoms with Crippen LogP contribution in [0.5, 0.6) is 0 Å². The van der Waals surface area contributed by atoms with E-state index in [9.17, 15) is 13.2 Å². The highest BCUT2D eigenvalue weighted by Gasteiger charge is 2.30. The maximum atomic E-state index is 12.4. The molecule has 17 heavy (non-hydrogen) atoms. The molecule has 4 nitrogen and oxygen atoms in total. The van der Waals surface area contributed by atoms with Crippen LogP contribution in [-0.4, -0.2) is 15.0 Å². The van der Waals surface area contributed by atoms with E-state index in [1.165, 1.54) is 18.6 Å². The first-order valence-electron chi connectivity index (χ1n) is 4.62. The van der Waals surface area contributed by atoms with Gasteiger partial charge in [0.15, 0.2) is 0 Å². The molecule has 7 heteroatoms. The van der Waals surface area contributed by atoms with E-state index in [0.29, 0.717) is 5.82 Å². The molecular formula is C10H7F3N4. The number of rotatable bonds is 2. The van der Waals surface area contributed by atoms with Gasteiger partial charge in [0.2, 0.25) is 0 Å². The van der Waals surface area contributed by atoms with Gasteiger partial charge in [0.1, 0.15) is 11.6 Å². The number of aromatic nitrogens is 3. The van der Waals surface area contributed by atoms with Crippen molar-refractivity contribution in [2.75, 3.05) is 5.32 Å². The Hall–Kier alpha value is -2.18. The average molecular weight is 240 g/mol. The van der Waals surface area contributed by atoms with Crippen molar-refractivity contribution in [2.24, 2.45) is 0 Å². The molecule has 0 saturated heterocycles. The van der Waals surface area contributed by atoms with Crippen molar-refractivity contribution in [2.45, 2.75) is 6.18 Å². The summed E-state index contributed by atoms with van der Waals surface area (Å²) in [5, 5.41) is 2.63. The summed E-state index contributed by atoms with van der Waals surface area (Å²) in [5.41, 5.74) is -0.765. The summed E-state index contributed by atoms with van der Waals surface area (Å²) in [6.45, 7) is 0. The van der Waals surface area contributed by atoms with Crippen molar-refractivity contribution in [1.29, 1.82) is 0 Å². The van der Waals surface area contributed by atoms with E-state index < -0.39 is 11.7 Å². The zero-order valence-corrected chi connectivity index (χ0v) is 8.44. The third-order valence-corrected chi connectivity index (χ3v) is 1.91. The molecule has 0 saturated carbocycles. The van der Waals surface area contributed by atoms with Crippen LogP contribution in [0.2, 0.25) is 0 Å². The fourth-order valence-corrected chi connectivity index (χ4v) is 1.17. The van der Waals surface area contributed by atoms with E-state index in [0.717, 1.165) is 18.3 Å². The second-order valence-corrected chi connectivity index (χ2v) is 3.14. The van der Waals surface area contributed by atoms with Gasteiger partial charge < -0.3 is 5.32 Å². The Morgan fingerprint density at radius 1 is 1.00 bits per heavy atom. The van der Waals surface area contributed by atoms with E-state index in [2.05, 4.69) is 20.3 Å². The van der Waals surface area contributed by atoms with Gasteiger partial charge in [-0.1, -0.05) is 0 Å². The fourth-order valence-electron chi connectivity index (χ4n) is 1.17. The highest BCUT2D eigenvalue weighted by atomic mass is 19.4. The van der Waals surface area contributed by atoms with Gasteiger partial charge in [-0.2, -0.15) is 13.2 Å². The van der Waals surface area contributed by atoms with Gasteiger partial charge in [0.05, 0.1) is 11.8 Å². The summed E-state index contributed by atoms with van der Waals surface area (Å²) >= 11 is 0. The molecule has 0 unspecified atom stereocenters. The minimum atomic E-state index is -4.39. The van der Waals surface area contributed by atoms with E-state index in [-0.39, 0.29) is 5.82 Å². The topological polar surface area (TPSA) is 50.7 Å². The number of hydrogen-bond donors (Lipinski definition) is 1. The lowest BCUT2D eigenvalue weighted by atomic mass is 10.2. The number of pyridine rings is 1. The van der Waals surface area contributed by atoms with E-state index >= 15 is 0 Å². The second-order valence-electron chi connectivity index (χ2n) is 3.14. The molecule has 2 aromatic heterocycles. The maximum absolute atomic E-state index is 12.4. The Balaban J connectivity index is 2.23. The van der Waals surface area contributed by atoms with Crippen LogP contribution in [0.4, 0.5) is 24.8 Å². The van der Waals surface area contributed by atoms with Gasteiger partial charge in [-0.3, -0.25) is 4.98 Å². The SMILES string of the molecule is FC(F)(F)c1ccnc(Nc2cnccn2)c1. The standard InChI is InChI=1S/C10H7F3N4/c11-10(12,13)7-1-2-15-8(5-7)17-9-6-14-3-4-16-9/h1-6H,(H,15,16,17). The normalized spacial score (nSPS) is 11.2. The highest BCUT2D eigenvalue weighted by molar-refractivity contribution is 5.51. The molecule has 2 heterocycles. The molecule has 0 aliphatic rings. The monoisotopic (exact) mass is 240 g/mol. The zero-order valence-electron chi connectivity index (χ0n) is 8.44. The molecule has 0 aromatic carbocycles. The van der Waals surface area contributed by atoms with Gasteiger partial charge in [0.25, 0.3) is 0 Å². The smallest absolute Gasteiger partial charge is 0.324 e. The third-order valence-electron chi connectivity index (χ3n) is 1.91. The first-order valence-corrected chi connectivity index (χ1v) is 4.62. The van der Waals surface area contributed by atoms with Gasteiger partial charge in [-0.25, -0.2) is 9.97 Å². The van der Waals surface area contributed by atoms with Crippen LogP contribution in [0.1, 0.15) is 5.56 Å².